The summed E-state index contributed by atoms with van der Waals surface area (Å²) in [6.07, 6.45) is 4.82. The molecular formula is C16H22N2O. The maximum absolute atomic E-state index is 12.0. The van der Waals surface area contributed by atoms with Crippen LogP contribution in [0.5, 0.6) is 0 Å². The summed E-state index contributed by atoms with van der Waals surface area (Å²) in [6.45, 7) is 3.79. The first-order valence-corrected chi connectivity index (χ1v) is 7.40. The van der Waals surface area contributed by atoms with Crippen molar-refractivity contribution in [3.05, 3.63) is 28.8 Å². The van der Waals surface area contributed by atoms with Crippen molar-refractivity contribution < 1.29 is 4.79 Å². The lowest BCUT2D eigenvalue weighted by Gasteiger charge is -2.36. The zero-order chi connectivity index (χ0) is 13.4. The van der Waals surface area contributed by atoms with Gasteiger partial charge in [-0.15, -0.1) is 0 Å². The molecule has 102 valence electrons. The van der Waals surface area contributed by atoms with Crippen molar-refractivity contribution in [1.82, 2.24) is 0 Å². The van der Waals surface area contributed by atoms with Crippen LogP contribution in [0.3, 0.4) is 0 Å². The molecule has 0 bridgehead atoms. The van der Waals surface area contributed by atoms with Gasteiger partial charge in [-0.05, 0) is 54.8 Å². The summed E-state index contributed by atoms with van der Waals surface area (Å²) in [4.78, 5) is 14.0. The van der Waals surface area contributed by atoms with Crippen LogP contribution in [-0.4, -0.2) is 19.0 Å². The van der Waals surface area contributed by atoms with Gasteiger partial charge < -0.3 is 10.6 Å². The Balaban J connectivity index is 2.08. The SMILES string of the molecule is CCC(CN)c1cc2c3c(c1)CCC(=O)N3CCC2. The highest BCUT2D eigenvalue weighted by atomic mass is 16.2. The molecule has 0 spiro atoms. The first-order chi connectivity index (χ1) is 9.24. The van der Waals surface area contributed by atoms with Crippen LogP contribution in [0.25, 0.3) is 0 Å². The molecule has 2 aliphatic rings. The molecule has 1 unspecified atom stereocenters. The number of carbonyl (C=O) groups excluding carboxylic acids is 1. The standard InChI is InChI=1S/C16H22N2O/c1-2-11(10-17)14-8-12-4-3-7-18-15(19)6-5-13(9-14)16(12)18/h8-9,11H,2-7,10,17H2,1H3. The minimum Gasteiger partial charge on any atom is -0.330 e. The molecule has 3 nitrogen and oxygen atoms in total. The van der Waals surface area contributed by atoms with Crippen molar-refractivity contribution in [2.75, 3.05) is 18.0 Å². The zero-order valence-corrected chi connectivity index (χ0v) is 11.6. The van der Waals surface area contributed by atoms with E-state index in [4.69, 9.17) is 5.73 Å². The van der Waals surface area contributed by atoms with Crippen molar-refractivity contribution in [3.63, 3.8) is 0 Å². The molecule has 1 atom stereocenters. The second kappa shape index (κ2) is 4.97. The Hall–Kier alpha value is -1.35. The lowest BCUT2D eigenvalue weighted by molar-refractivity contribution is -0.119. The van der Waals surface area contributed by atoms with E-state index in [0.717, 1.165) is 32.2 Å². The van der Waals surface area contributed by atoms with E-state index in [-0.39, 0.29) is 0 Å². The first kappa shape index (κ1) is 12.7. The van der Waals surface area contributed by atoms with Gasteiger partial charge in [0.25, 0.3) is 0 Å². The summed E-state index contributed by atoms with van der Waals surface area (Å²) in [5.74, 6) is 0.752. The summed E-state index contributed by atoms with van der Waals surface area (Å²) in [7, 11) is 0. The van der Waals surface area contributed by atoms with Gasteiger partial charge in [0.1, 0.15) is 0 Å². The maximum atomic E-state index is 12.0. The summed E-state index contributed by atoms with van der Waals surface area (Å²) < 4.78 is 0. The Labute approximate surface area is 114 Å². The lowest BCUT2D eigenvalue weighted by Crippen LogP contribution is -2.39. The number of carbonyl (C=O) groups is 1. The number of nitrogens with zero attached hydrogens (tertiary/aromatic N) is 1. The van der Waals surface area contributed by atoms with Crippen LogP contribution in [0.1, 0.15) is 48.8 Å². The van der Waals surface area contributed by atoms with E-state index in [1.54, 1.807) is 0 Å². The van der Waals surface area contributed by atoms with Gasteiger partial charge in [-0.25, -0.2) is 0 Å². The number of hydrogen-bond acceptors (Lipinski definition) is 2. The third kappa shape index (κ3) is 2.06. The molecule has 0 radical (unpaired) electrons. The van der Waals surface area contributed by atoms with Crippen LogP contribution in [0.4, 0.5) is 5.69 Å². The quantitative estimate of drug-likeness (QED) is 0.904. The molecular weight excluding hydrogens is 236 g/mol. The topological polar surface area (TPSA) is 46.3 Å². The van der Waals surface area contributed by atoms with Gasteiger partial charge in [0.15, 0.2) is 0 Å². The second-order valence-electron chi connectivity index (χ2n) is 5.68. The molecule has 2 aliphatic heterocycles. The van der Waals surface area contributed by atoms with E-state index in [9.17, 15) is 4.79 Å². The molecule has 1 amide bonds. The molecule has 0 saturated carbocycles. The molecule has 1 aromatic carbocycles. The first-order valence-electron chi connectivity index (χ1n) is 7.40. The predicted molar refractivity (Wildman–Crippen MR) is 77.5 cm³/mol. The van der Waals surface area contributed by atoms with Gasteiger partial charge in [0, 0.05) is 13.0 Å². The van der Waals surface area contributed by atoms with Gasteiger partial charge in [-0.3, -0.25) is 4.79 Å². The molecule has 2 N–H and O–H groups in total. The lowest BCUT2D eigenvalue weighted by atomic mass is 9.86. The van der Waals surface area contributed by atoms with Crippen LogP contribution in [0.15, 0.2) is 12.1 Å². The third-order valence-corrected chi connectivity index (χ3v) is 4.55. The monoisotopic (exact) mass is 258 g/mol. The molecule has 1 aromatic rings. The van der Waals surface area contributed by atoms with Gasteiger partial charge in [0.05, 0.1) is 5.69 Å². The van der Waals surface area contributed by atoms with E-state index in [1.807, 2.05) is 4.90 Å². The van der Waals surface area contributed by atoms with E-state index in [2.05, 4.69) is 19.1 Å². The van der Waals surface area contributed by atoms with Gasteiger partial charge in [-0.1, -0.05) is 19.1 Å². The van der Waals surface area contributed by atoms with E-state index in [1.165, 1.54) is 22.4 Å². The highest BCUT2D eigenvalue weighted by molar-refractivity contribution is 5.97. The number of rotatable bonds is 3. The number of nitrogens with two attached hydrogens (primary N) is 1. The molecule has 0 aromatic heterocycles. The summed E-state index contributed by atoms with van der Waals surface area (Å²) in [5, 5.41) is 0. The molecule has 0 fully saturated rings. The number of hydrogen-bond donors (Lipinski definition) is 1. The van der Waals surface area contributed by atoms with E-state index in [0.29, 0.717) is 24.8 Å². The van der Waals surface area contributed by atoms with Gasteiger partial charge in [-0.2, -0.15) is 0 Å². The number of benzene rings is 1. The normalized spacial score (nSPS) is 19.3. The summed E-state index contributed by atoms with van der Waals surface area (Å²) >= 11 is 0. The average molecular weight is 258 g/mol. The Morgan fingerprint density at radius 1 is 1.26 bits per heavy atom. The number of amides is 1. The molecule has 3 heteroatoms. The zero-order valence-electron chi connectivity index (χ0n) is 11.6. The smallest absolute Gasteiger partial charge is 0.227 e. The highest BCUT2D eigenvalue weighted by Crippen LogP contribution is 2.38. The minimum absolute atomic E-state index is 0.298. The average Bonchev–Trinajstić information content (AvgIpc) is 2.44. The van der Waals surface area contributed by atoms with E-state index < -0.39 is 0 Å². The van der Waals surface area contributed by atoms with Crippen LogP contribution in [0, 0.1) is 0 Å². The number of aryl methyl sites for hydroxylation is 2. The van der Waals surface area contributed by atoms with Crippen LogP contribution >= 0.6 is 0 Å². The fraction of sp³-hybridized carbons (Fsp3) is 0.562. The van der Waals surface area contributed by atoms with Crippen molar-refractivity contribution in [2.24, 2.45) is 5.73 Å². The Morgan fingerprint density at radius 3 is 2.68 bits per heavy atom. The van der Waals surface area contributed by atoms with Crippen molar-refractivity contribution in [3.8, 4) is 0 Å². The van der Waals surface area contributed by atoms with E-state index >= 15 is 0 Å². The second-order valence-corrected chi connectivity index (χ2v) is 5.68. The summed E-state index contributed by atoms with van der Waals surface area (Å²) in [6, 6.07) is 4.59. The van der Waals surface area contributed by atoms with Crippen LogP contribution < -0.4 is 10.6 Å². The largest absolute Gasteiger partial charge is 0.330 e. The Morgan fingerprint density at radius 2 is 2.00 bits per heavy atom. The molecule has 0 aliphatic carbocycles. The summed E-state index contributed by atoms with van der Waals surface area (Å²) in [5.41, 5.74) is 11.2. The van der Waals surface area contributed by atoms with Crippen LogP contribution in [-0.2, 0) is 17.6 Å². The van der Waals surface area contributed by atoms with Gasteiger partial charge >= 0.3 is 0 Å². The number of anilines is 1. The van der Waals surface area contributed by atoms with Crippen LogP contribution in [0.2, 0.25) is 0 Å². The Kier molecular flexibility index (Phi) is 3.31. The molecule has 2 heterocycles. The highest BCUT2D eigenvalue weighted by Gasteiger charge is 2.30. The fourth-order valence-electron chi connectivity index (χ4n) is 3.45. The van der Waals surface area contributed by atoms with Gasteiger partial charge in [0.2, 0.25) is 5.91 Å². The predicted octanol–water partition coefficient (Wildman–Crippen LogP) is 2.36. The third-order valence-electron chi connectivity index (χ3n) is 4.55. The van der Waals surface area contributed by atoms with Crippen molar-refractivity contribution in [1.29, 1.82) is 0 Å². The molecule has 0 saturated heterocycles. The van der Waals surface area contributed by atoms with Crippen molar-refractivity contribution >= 4 is 11.6 Å². The minimum atomic E-state index is 0.298. The molecule has 19 heavy (non-hydrogen) atoms. The van der Waals surface area contributed by atoms with Crippen molar-refractivity contribution in [2.45, 2.75) is 44.9 Å². The molecule has 3 rings (SSSR count). The fourth-order valence-corrected chi connectivity index (χ4v) is 3.45. The maximum Gasteiger partial charge on any atom is 0.227 e. The Bertz CT molecular complexity index is 488.